The third kappa shape index (κ3) is 4.75. The first kappa shape index (κ1) is 27.4. The van der Waals surface area contributed by atoms with Gasteiger partial charge in [-0.25, -0.2) is 12.8 Å². The number of anilines is 1. The quantitative estimate of drug-likeness (QED) is 0.195. The highest BCUT2D eigenvalue weighted by Crippen LogP contribution is 2.42. The molecule has 42 heavy (non-hydrogen) atoms. The first-order valence-electron chi connectivity index (χ1n) is 13.4. The van der Waals surface area contributed by atoms with Gasteiger partial charge >= 0.3 is 0 Å². The summed E-state index contributed by atoms with van der Waals surface area (Å²) in [5.74, 6) is 0.0126. The van der Waals surface area contributed by atoms with Crippen LogP contribution in [-0.4, -0.2) is 37.5 Å². The molecule has 1 N–H and O–H groups in total. The number of pyridine rings is 1. The zero-order chi connectivity index (χ0) is 29.8. The minimum absolute atomic E-state index is 0.0880. The van der Waals surface area contributed by atoms with E-state index in [9.17, 15) is 17.6 Å². The van der Waals surface area contributed by atoms with Gasteiger partial charge in [0.15, 0.2) is 5.78 Å². The van der Waals surface area contributed by atoms with Crippen molar-refractivity contribution in [2.75, 3.05) is 17.6 Å². The number of carbonyl (C=O) groups excluding carboxylic acids is 1. The predicted molar refractivity (Wildman–Crippen MR) is 165 cm³/mol. The summed E-state index contributed by atoms with van der Waals surface area (Å²) in [4.78, 5) is 21.0. The van der Waals surface area contributed by atoms with Gasteiger partial charge in [-0.1, -0.05) is 42.8 Å². The molecular formula is C33H28FN3O4S. The van der Waals surface area contributed by atoms with E-state index in [2.05, 4.69) is 9.97 Å². The highest BCUT2D eigenvalue weighted by atomic mass is 32.2. The molecule has 0 aliphatic heterocycles. The van der Waals surface area contributed by atoms with Crippen LogP contribution in [0.2, 0.25) is 0 Å². The van der Waals surface area contributed by atoms with Crippen molar-refractivity contribution in [3.8, 4) is 33.8 Å². The molecule has 0 unspecified atom stereocenters. The molecule has 0 fully saturated rings. The Bertz CT molecular complexity index is 2110. The molecule has 0 aliphatic carbocycles. The minimum Gasteiger partial charge on any atom is -0.455 e. The number of Topliss-reactive ketones (excluding diaryl/α,β-unsaturated/α-hetero) is 1. The Morgan fingerprint density at radius 3 is 2.45 bits per heavy atom. The van der Waals surface area contributed by atoms with Crippen molar-refractivity contribution in [2.24, 2.45) is 0 Å². The van der Waals surface area contributed by atoms with E-state index in [1.54, 1.807) is 49.5 Å². The Labute approximate surface area is 242 Å². The molecule has 0 radical (unpaired) electrons. The standard InChI is InChI=1S/C33H28FN3O4S/c1-5-30(38)32-24-16-22(21-13-14-35-27(15-21)28-17-23-25(34)7-6-8-26(23)36-28)29(37(3)42(4,39)40)18-31(24)41-33(32)20-11-9-19(2)10-12-20/h6-18,36H,5H2,1-4H3. The smallest absolute Gasteiger partial charge is 0.232 e. The number of carbonyl (C=O) groups is 1. The molecule has 0 saturated carbocycles. The summed E-state index contributed by atoms with van der Waals surface area (Å²) >= 11 is 0. The molecule has 0 aliphatic rings. The molecule has 0 saturated heterocycles. The zero-order valence-corrected chi connectivity index (χ0v) is 24.3. The van der Waals surface area contributed by atoms with Gasteiger partial charge in [-0.2, -0.15) is 0 Å². The number of H-pyrrole nitrogens is 1. The molecule has 0 spiro atoms. The van der Waals surface area contributed by atoms with Crippen molar-refractivity contribution in [3.05, 3.63) is 95.9 Å². The average Bonchev–Trinajstić information content (AvgIpc) is 3.58. The van der Waals surface area contributed by atoms with Crippen LogP contribution in [-0.2, 0) is 10.0 Å². The largest absolute Gasteiger partial charge is 0.455 e. The number of aromatic nitrogens is 2. The highest BCUT2D eigenvalue weighted by molar-refractivity contribution is 7.92. The van der Waals surface area contributed by atoms with Gasteiger partial charge in [-0.3, -0.25) is 14.1 Å². The monoisotopic (exact) mass is 581 g/mol. The fourth-order valence-corrected chi connectivity index (χ4v) is 5.67. The maximum absolute atomic E-state index is 14.4. The number of aryl methyl sites for hydroxylation is 1. The summed E-state index contributed by atoms with van der Waals surface area (Å²) in [6.45, 7) is 3.78. The van der Waals surface area contributed by atoms with E-state index in [1.807, 2.05) is 37.3 Å². The van der Waals surface area contributed by atoms with Crippen molar-refractivity contribution in [3.63, 3.8) is 0 Å². The van der Waals surface area contributed by atoms with E-state index in [0.29, 0.717) is 61.4 Å². The zero-order valence-electron chi connectivity index (χ0n) is 23.5. The van der Waals surface area contributed by atoms with Crippen molar-refractivity contribution in [1.82, 2.24) is 9.97 Å². The van der Waals surface area contributed by atoms with Gasteiger partial charge in [0, 0.05) is 53.1 Å². The number of fused-ring (bicyclic) bond motifs is 2. The van der Waals surface area contributed by atoms with Crippen molar-refractivity contribution < 1.29 is 22.0 Å². The second-order valence-electron chi connectivity index (χ2n) is 10.4. The van der Waals surface area contributed by atoms with Crippen molar-refractivity contribution >= 4 is 43.4 Å². The molecule has 9 heteroatoms. The molecule has 0 amide bonds. The van der Waals surface area contributed by atoms with Crippen LogP contribution in [0.5, 0.6) is 0 Å². The third-order valence-corrected chi connectivity index (χ3v) is 8.71. The normalized spacial score (nSPS) is 11.8. The Balaban J connectivity index is 1.60. The van der Waals surface area contributed by atoms with Crippen molar-refractivity contribution in [1.29, 1.82) is 0 Å². The maximum Gasteiger partial charge on any atom is 0.232 e. The lowest BCUT2D eigenvalue weighted by Crippen LogP contribution is -2.25. The molecule has 212 valence electrons. The summed E-state index contributed by atoms with van der Waals surface area (Å²) in [5, 5.41) is 1.03. The van der Waals surface area contributed by atoms with Gasteiger partial charge in [0.05, 0.1) is 28.9 Å². The van der Waals surface area contributed by atoms with E-state index in [1.165, 1.54) is 17.4 Å². The fourth-order valence-electron chi connectivity index (χ4n) is 5.17. The van der Waals surface area contributed by atoms with Gasteiger partial charge in [-0.05, 0) is 48.9 Å². The van der Waals surface area contributed by atoms with E-state index >= 15 is 0 Å². The van der Waals surface area contributed by atoms with Crippen molar-refractivity contribution in [2.45, 2.75) is 20.3 Å². The lowest BCUT2D eigenvalue weighted by atomic mass is 9.96. The van der Waals surface area contributed by atoms with Crippen LogP contribution in [0.25, 0.3) is 55.7 Å². The van der Waals surface area contributed by atoms with E-state index in [-0.39, 0.29) is 18.0 Å². The van der Waals surface area contributed by atoms with Gasteiger partial charge in [0.1, 0.15) is 17.2 Å². The molecule has 3 heterocycles. The predicted octanol–water partition coefficient (Wildman–Crippen LogP) is 7.75. The van der Waals surface area contributed by atoms with Crippen LogP contribution in [0.4, 0.5) is 10.1 Å². The molecule has 0 atom stereocenters. The van der Waals surface area contributed by atoms with Gasteiger partial charge in [-0.15, -0.1) is 0 Å². The number of sulfonamides is 1. The Kier molecular flexibility index (Phi) is 6.69. The highest BCUT2D eigenvalue weighted by Gasteiger charge is 2.26. The second kappa shape index (κ2) is 10.3. The fraction of sp³-hybridized carbons (Fsp3) is 0.152. The first-order chi connectivity index (χ1) is 20.0. The number of hydrogen-bond donors (Lipinski definition) is 1. The van der Waals surface area contributed by atoms with E-state index in [4.69, 9.17) is 4.42 Å². The van der Waals surface area contributed by atoms with E-state index in [0.717, 1.165) is 17.4 Å². The molecule has 7 nitrogen and oxygen atoms in total. The van der Waals surface area contributed by atoms with Gasteiger partial charge in [0.25, 0.3) is 0 Å². The summed E-state index contributed by atoms with van der Waals surface area (Å²) in [6, 6.07) is 21.3. The molecule has 3 aromatic heterocycles. The lowest BCUT2D eigenvalue weighted by molar-refractivity contribution is 0.0989. The van der Waals surface area contributed by atoms with Crippen LogP contribution in [0.15, 0.2) is 83.4 Å². The van der Waals surface area contributed by atoms with Crippen LogP contribution < -0.4 is 4.31 Å². The van der Waals surface area contributed by atoms with Crippen LogP contribution in [0, 0.1) is 12.7 Å². The summed E-state index contributed by atoms with van der Waals surface area (Å²) in [5.41, 5.74) is 6.10. The Morgan fingerprint density at radius 1 is 1.00 bits per heavy atom. The SMILES string of the molecule is CCC(=O)c1c(-c2ccc(C)cc2)oc2cc(N(C)S(C)(=O)=O)c(-c3ccnc(-c4cc5c(F)cccc5[nH]4)c3)cc12. The minimum atomic E-state index is -3.66. The van der Waals surface area contributed by atoms with E-state index < -0.39 is 10.0 Å². The lowest BCUT2D eigenvalue weighted by Gasteiger charge is -2.21. The molecule has 6 rings (SSSR count). The molecular weight excluding hydrogens is 553 g/mol. The topological polar surface area (TPSA) is 96.3 Å². The first-order valence-corrected chi connectivity index (χ1v) is 15.3. The number of benzene rings is 3. The molecule has 6 aromatic rings. The molecule has 0 bridgehead atoms. The molecule has 3 aromatic carbocycles. The van der Waals surface area contributed by atoms with Gasteiger partial charge < -0.3 is 9.40 Å². The summed E-state index contributed by atoms with van der Waals surface area (Å²) in [7, 11) is -2.18. The summed E-state index contributed by atoms with van der Waals surface area (Å²) < 4.78 is 47.4. The number of nitrogens with one attached hydrogen (secondary N) is 1. The Hall–Kier alpha value is -4.76. The van der Waals surface area contributed by atoms with Crippen LogP contribution >= 0.6 is 0 Å². The number of hydrogen-bond acceptors (Lipinski definition) is 5. The summed E-state index contributed by atoms with van der Waals surface area (Å²) in [6.07, 6.45) is 3.01. The second-order valence-corrected chi connectivity index (χ2v) is 12.4. The number of nitrogens with zero attached hydrogens (tertiary/aromatic N) is 2. The number of aromatic amines is 1. The number of furan rings is 1. The van der Waals surface area contributed by atoms with Gasteiger partial charge in [0.2, 0.25) is 10.0 Å². The maximum atomic E-state index is 14.4. The third-order valence-electron chi connectivity index (χ3n) is 7.51. The Morgan fingerprint density at radius 2 is 1.76 bits per heavy atom. The van der Waals surface area contributed by atoms with Crippen LogP contribution in [0.3, 0.4) is 0 Å². The van der Waals surface area contributed by atoms with Crippen LogP contribution in [0.1, 0.15) is 29.3 Å². The number of rotatable bonds is 7. The average molecular weight is 582 g/mol. The number of halogens is 1. The number of ketones is 1.